The molecule has 3 aromatic carbocycles. The van der Waals surface area contributed by atoms with Gasteiger partial charge in [0.2, 0.25) is 0 Å². The lowest BCUT2D eigenvalue weighted by Crippen LogP contribution is -2.37. The van der Waals surface area contributed by atoms with Gasteiger partial charge in [0.25, 0.3) is 5.91 Å². The third-order valence-corrected chi connectivity index (χ3v) is 10.2. The van der Waals surface area contributed by atoms with Crippen molar-refractivity contribution in [2.75, 3.05) is 12.0 Å². The molecule has 0 spiro atoms. The monoisotopic (exact) mass is 698 g/mol. The maximum absolute atomic E-state index is 13.6. The number of anilines is 1. The van der Waals surface area contributed by atoms with Crippen LogP contribution in [0.5, 0.6) is 11.5 Å². The van der Waals surface area contributed by atoms with Gasteiger partial charge in [-0.3, -0.25) is 14.7 Å². The molecule has 5 nitrogen and oxygen atoms in total. The molecule has 174 valence electrons. The van der Waals surface area contributed by atoms with E-state index in [1.54, 1.807) is 19.2 Å². The van der Waals surface area contributed by atoms with Gasteiger partial charge in [-0.25, -0.2) is 0 Å². The number of rotatable bonds is 5. The molecule has 1 amide bonds. The van der Waals surface area contributed by atoms with Gasteiger partial charge >= 0.3 is 0 Å². The van der Waals surface area contributed by atoms with Crippen molar-refractivity contribution in [1.82, 2.24) is 0 Å². The Morgan fingerprint density at radius 1 is 1.12 bits per heavy atom. The van der Waals surface area contributed by atoms with Gasteiger partial charge in [0.1, 0.15) is 6.61 Å². The molecule has 1 atom stereocenters. The van der Waals surface area contributed by atoms with Gasteiger partial charge in [0.15, 0.2) is 11.5 Å². The summed E-state index contributed by atoms with van der Waals surface area (Å²) in [6, 6.07) is 13.5. The number of benzene rings is 3. The summed E-state index contributed by atoms with van der Waals surface area (Å²) < 4.78 is 14.1. The number of hydrogen-bond donors (Lipinski definition) is 0. The summed E-state index contributed by atoms with van der Waals surface area (Å²) in [5.41, 5.74) is 6.53. The zero-order valence-electron chi connectivity index (χ0n) is 18.6. The number of amides is 1. The molecule has 0 unspecified atom stereocenters. The second-order valence-electron chi connectivity index (χ2n) is 8.24. The van der Waals surface area contributed by atoms with Crippen molar-refractivity contribution >= 4 is 80.3 Å². The molecular formula is C26H21ClI2N2O3. The van der Waals surface area contributed by atoms with Crippen LogP contribution in [0.3, 0.4) is 0 Å². The number of aliphatic imine (C=N–C) groups is 1. The van der Waals surface area contributed by atoms with Crippen LogP contribution >= 0.6 is 56.8 Å². The molecule has 5 rings (SSSR count). The quantitative estimate of drug-likeness (QED) is 0.217. The predicted molar refractivity (Wildman–Crippen MR) is 152 cm³/mol. The first-order chi connectivity index (χ1) is 16.4. The van der Waals surface area contributed by atoms with Crippen molar-refractivity contribution in [2.24, 2.45) is 4.99 Å². The van der Waals surface area contributed by atoms with E-state index < -0.39 is 0 Å². The van der Waals surface area contributed by atoms with E-state index in [2.05, 4.69) is 69.2 Å². The lowest BCUT2D eigenvalue weighted by Gasteiger charge is -2.22. The molecule has 0 N–H and O–H groups in total. The summed E-state index contributed by atoms with van der Waals surface area (Å²) in [4.78, 5) is 20.1. The number of carbonyl (C=O) groups excluding carboxylic acids is 1. The van der Waals surface area contributed by atoms with Crippen LogP contribution in [0.4, 0.5) is 11.4 Å². The summed E-state index contributed by atoms with van der Waals surface area (Å²) in [7, 11) is 1.58. The van der Waals surface area contributed by atoms with Crippen LogP contribution in [-0.2, 0) is 18.9 Å². The average Bonchev–Trinajstić information content (AvgIpc) is 3.17. The molecule has 3 aromatic rings. The first-order valence-corrected chi connectivity index (χ1v) is 13.4. The molecule has 2 aliphatic rings. The summed E-state index contributed by atoms with van der Waals surface area (Å²) in [5.74, 6) is 1.42. The normalized spacial score (nSPS) is 16.1. The van der Waals surface area contributed by atoms with Crippen molar-refractivity contribution in [2.45, 2.75) is 31.9 Å². The zero-order chi connectivity index (χ0) is 24.0. The van der Waals surface area contributed by atoms with Crippen LogP contribution in [0.1, 0.15) is 32.6 Å². The van der Waals surface area contributed by atoms with E-state index in [-0.39, 0.29) is 11.9 Å². The smallest absolute Gasteiger partial charge is 0.261 e. The molecule has 0 radical (unpaired) electrons. The molecule has 0 bridgehead atoms. The Labute approximate surface area is 230 Å². The van der Waals surface area contributed by atoms with E-state index in [0.717, 1.165) is 32.4 Å². The number of ether oxygens (including phenoxy) is 2. The standard InChI is InChI=1S/C26H21ClI2N2O3/c1-14-16(11-27)7-17(25(29)24(14)28)13-34-23-10-20-19(9-22(23)33-2)26(32)31-18(12-30-20)8-15-5-3-4-6-21(15)31/h3-7,9-10,12,18H,8,11,13H2,1-2H3/t18-/m0/s1. The lowest BCUT2D eigenvalue weighted by molar-refractivity contribution is 0.0986. The number of fused-ring (bicyclic) bond motifs is 4. The first-order valence-electron chi connectivity index (χ1n) is 10.8. The maximum atomic E-state index is 13.6. The Bertz CT molecular complexity index is 1340. The summed E-state index contributed by atoms with van der Waals surface area (Å²) >= 11 is 10.9. The van der Waals surface area contributed by atoms with E-state index in [0.29, 0.717) is 35.2 Å². The Hall–Kier alpha value is -1.85. The highest BCUT2D eigenvalue weighted by molar-refractivity contribution is 14.1. The number of alkyl halides is 1. The van der Waals surface area contributed by atoms with Crippen molar-refractivity contribution in [3.05, 3.63) is 77.4 Å². The van der Waals surface area contributed by atoms with Gasteiger partial charge in [-0.15, -0.1) is 11.6 Å². The topological polar surface area (TPSA) is 51.1 Å². The summed E-state index contributed by atoms with van der Waals surface area (Å²) in [6.07, 6.45) is 2.62. The van der Waals surface area contributed by atoms with E-state index >= 15 is 0 Å². The molecule has 0 saturated carbocycles. The number of para-hydroxylation sites is 1. The molecule has 0 aliphatic carbocycles. The number of carbonyl (C=O) groups is 1. The van der Waals surface area contributed by atoms with Crippen molar-refractivity contribution in [1.29, 1.82) is 0 Å². The molecule has 2 aliphatic heterocycles. The number of hydrogen-bond acceptors (Lipinski definition) is 4. The van der Waals surface area contributed by atoms with Crippen molar-refractivity contribution in [3.63, 3.8) is 0 Å². The Kier molecular flexibility index (Phi) is 6.78. The van der Waals surface area contributed by atoms with Gasteiger partial charge in [-0.2, -0.15) is 0 Å². The highest BCUT2D eigenvalue weighted by Crippen LogP contribution is 2.41. The minimum atomic E-state index is -0.0992. The molecule has 0 saturated heterocycles. The SMILES string of the molecule is COc1cc2c(cc1OCc1cc(CCl)c(C)c(I)c1I)N=C[C@@H]1Cc3ccccc3N1C2=O. The largest absolute Gasteiger partial charge is 0.493 e. The van der Waals surface area contributed by atoms with Gasteiger partial charge in [0.05, 0.1) is 24.4 Å². The number of halogens is 3. The van der Waals surface area contributed by atoms with Crippen LogP contribution in [0, 0.1) is 14.1 Å². The highest BCUT2D eigenvalue weighted by atomic mass is 127. The maximum Gasteiger partial charge on any atom is 0.261 e. The van der Waals surface area contributed by atoms with Crippen LogP contribution in [0.15, 0.2) is 47.5 Å². The van der Waals surface area contributed by atoms with E-state index in [4.69, 9.17) is 21.1 Å². The zero-order valence-corrected chi connectivity index (χ0v) is 23.6. The molecule has 2 heterocycles. The van der Waals surface area contributed by atoms with E-state index in [1.165, 1.54) is 9.13 Å². The fourth-order valence-electron chi connectivity index (χ4n) is 4.42. The molecule has 34 heavy (non-hydrogen) atoms. The number of nitrogens with zero attached hydrogens (tertiary/aromatic N) is 2. The van der Waals surface area contributed by atoms with Gasteiger partial charge in [-0.1, -0.05) is 18.2 Å². The van der Waals surface area contributed by atoms with Crippen molar-refractivity contribution < 1.29 is 14.3 Å². The fourth-order valence-corrected chi connectivity index (χ4v) is 6.10. The lowest BCUT2D eigenvalue weighted by atomic mass is 10.1. The predicted octanol–water partition coefficient (Wildman–Crippen LogP) is 6.82. The minimum Gasteiger partial charge on any atom is -0.493 e. The average molecular weight is 699 g/mol. The molecule has 0 aromatic heterocycles. The molecular weight excluding hydrogens is 678 g/mol. The Morgan fingerprint density at radius 2 is 1.91 bits per heavy atom. The van der Waals surface area contributed by atoms with Gasteiger partial charge < -0.3 is 9.47 Å². The third kappa shape index (κ3) is 4.09. The minimum absolute atomic E-state index is 0.0818. The van der Waals surface area contributed by atoms with Crippen LogP contribution in [0.2, 0.25) is 0 Å². The Balaban J connectivity index is 1.48. The fraction of sp³-hybridized carbons (Fsp3) is 0.231. The van der Waals surface area contributed by atoms with Crippen molar-refractivity contribution in [3.8, 4) is 11.5 Å². The summed E-state index contributed by atoms with van der Waals surface area (Å²) in [6.45, 7) is 2.44. The number of methoxy groups -OCH3 is 1. The van der Waals surface area contributed by atoms with E-state index in [9.17, 15) is 4.79 Å². The highest BCUT2D eigenvalue weighted by Gasteiger charge is 2.36. The van der Waals surface area contributed by atoms with E-state index in [1.807, 2.05) is 29.3 Å². The van der Waals surface area contributed by atoms with Crippen LogP contribution in [0.25, 0.3) is 0 Å². The summed E-state index contributed by atoms with van der Waals surface area (Å²) in [5, 5.41) is 0. The molecule has 0 fully saturated rings. The van der Waals surface area contributed by atoms with Crippen LogP contribution < -0.4 is 14.4 Å². The van der Waals surface area contributed by atoms with Gasteiger partial charge in [-0.05, 0) is 87.0 Å². The first kappa shape index (κ1) is 23.9. The third-order valence-electron chi connectivity index (χ3n) is 6.29. The second kappa shape index (κ2) is 9.66. The Morgan fingerprint density at radius 3 is 2.68 bits per heavy atom. The molecule has 8 heteroatoms. The van der Waals surface area contributed by atoms with Crippen LogP contribution in [-0.4, -0.2) is 25.3 Å². The second-order valence-corrected chi connectivity index (χ2v) is 10.7. The van der Waals surface area contributed by atoms with Gasteiger partial charge in [0, 0.05) is 43.0 Å².